The zero-order valence-corrected chi connectivity index (χ0v) is 9.87. The Hall–Kier alpha value is -0.820. The van der Waals surface area contributed by atoms with Crippen LogP contribution < -0.4 is 0 Å². The van der Waals surface area contributed by atoms with Gasteiger partial charge in [0.2, 0.25) is 0 Å². The summed E-state index contributed by atoms with van der Waals surface area (Å²) in [6.45, 7) is 6.98. The molecule has 1 aliphatic rings. The van der Waals surface area contributed by atoms with Gasteiger partial charge in [0.05, 0.1) is 0 Å². The maximum Gasteiger partial charge on any atom is 0.0239 e. The highest BCUT2D eigenvalue weighted by Crippen LogP contribution is 2.19. The summed E-state index contributed by atoms with van der Waals surface area (Å²) in [5, 5.41) is 0. The average Bonchev–Trinajstić information content (AvgIpc) is 2.18. The molecule has 1 aliphatic heterocycles. The first-order valence-electron chi connectivity index (χ1n) is 6.08. The molecule has 2 rings (SSSR count). The Labute approximate surface area is 93.1 Å². The van der Waals surface area contributed by atoms with E-state index in [1.165, 1.54) is 31.4 Å². The van der Waals surface area contributed by atoms with Gasteiger partial charge in [0.25, 0.3) is 0 Å². The normalized spacial score (nSPS) is 18.3. The van der Waals surface area contributed by atoms with Crippen LogP contribution in [0.2, 0.25) is 0 Å². The molecule has 0 saturated carbocycles. The molecule has 0 amide bonds. The molecule has 82 valence electrons. The molecule has 0 aromatic heterocycles. The summed E-state index contributed by atoms with van der Waals surface area (Å²) >= 11 is 0. The van der Waals surface area contributed by atoms with E-state index >= 15 is 0 Å². The first-order chi connectivity index (χ1) is 7.27. The van der Waals surface area contributed by atoms with E-state index in [1.807, 2.05) is 0 Å². The number of rotatable bonds is 1. The lowest BCUT2D eigenvalue weighted by Gasteiger charge is -2.29. The van der Waals surface area contributed by atoms with Gasteiger partial charge in [0.15, 0.2) is 0 Å². The molecule has 1 aromatic carbocycles. The van der Waals surface area contributed by atoms with Crippen molar-refractivity contribution in [2.45, 2.75) is 45.7 Å². The molecule has 1 heteroatoms. The van der Waals surface area contributed by atoms with E-state index in [9.17, 15) is 0 Å². The fraction of sp³-hybridized carbons (Fsp3) is 0.571. The van der Waals surface area contributed by atoms with Crippen LogP contribution in [0.25, 0.3) is 0 Å². The summed E-state index contributed by atoms with van der Waals surface area (Å²) in [6, 6.07) is 9.57. The topological polar surface area (TPSA) is 3.24 Å². The first-order valence-corrected chi connectivity index (χ1v) is 6.08. The molecule has 0 radical (unpaired) electrons. The molecule has 0 atom stereocenters. The molecule has 0 aliphatic carbocycles. The zero-order chi connectivity index (χ0) is 10.7. The maximum absolute atomic E-state index is 2.58. The van der Waals surface area contributed by atoms with E-state index < -0.39 is 0 Å². The number of hydrogen-bond donors (Lipinski definition) is 0. The molecular formula is C14H21N. The summed E-state index contributed by atoms with van der Waals surface area (Å²) < 4.78 is 0. The smallest absolute Gasteiger partial charge is 0.0239 e. The lowest BCUT2D eigenvalue weighted by molar-refractivity contribution is 0.204. The maximum atomic E-state index is 2.58. The van der Waals surface area contributed by atoms with Crippen LogP contribution >= 0.6 is 0 Å². The van der Waals surface area contributed by atoms with E-state index in [2.05, 4.69) is 43.0 Å². The van der Waals surface area contributed by atoms with Crippen LogP contribution in [0.4, 0.5) is 0 Å². The van der Waals surface area contributed by atoms with Crippen LogP contribution in [0.5, 0.6) is 0 Å². The summed E-state index contributed by atoms with van der Waals surface area (Å²) in [5.74, 6) is 0. The minimum absolute atomic E-state index is 0.663. The third-order valence-electron chi connectivity index (χ3n) is 3.36. The van der Waals surface area contributed by atoms with Gasteiger partial charge in [0.1, 0.15) is 0 Å². The van der Waals surface area contributed by atoms with Gasteiger partial charge in [-0.05, 0) is 50.8 Å². The molecule has 0 saturated heterocycles. The molecule has 0 N–H and O–H groups in total. The molecule has 1 heterocycles. The standard InChI is InChI=1S/C14H21N/c1-12(2)15-10-6-5-8-13-7-3-4-9-14(13)11-15/h3-4,7,9,12H,5-6,8,10-11H2,1-2H3. The number of benzene rings is 1. The summed E-state index contributed by atoms with van der Waals surface area (Å²) in [6.07, 6.45) is 3.94. The predicted molar refractivity (Wildman–Crippen MR) is 64.9 cm³/mol. The highest BCUT2D eigenvalue weighted by atomic mass is 15.1. The second-order valence-electron chi connectivity index (χ2n) is 4.79. The van der Waals surface area contributed by atoms with Gasteiger partial charge in [-0.25, -0.2) is 0 Å². The SMILES string of the molecule is CC(C)N1CCCCc2ccccc2C1. The van der Waals surface area contributed by atoms with E-state index in [0.717, 1.165) is 6.54 Å². The lowest BCUT2D eigenvalue weighted by atomic mass is 9.98. The van der Waals surface area contributed by atoms with E-state index in [1.54, 1.807) is 5.56 Å². The van der Waals surface area contributed by atoms with Crippen LogP contribution in [-0.2, 0) is 13.0 Å². The highest BCUT2D eigenvalue weighted by Gasteiger charge is 2.14. The third-order valence-corrected chi connectivity index (χ3v) is 3.36. The molecule has 0 unspecified atom stereocenters. The summed E-state index contributed by atoms with van der Waals surface area (Å²) in [4.78, 5) is 2.58. The number of aryl methyl sites for hydroxylation is 1. The van der Waals surface area contributed by atoms with E-state index in [0.29, 0.717) is 6.04 Å². The van der Waals surface area contributed by atoms with Gasteiger partial charge in [0, 0.05) is 12.6 Å². The number of fused-ring (bicyclic) bond motifs is 1. The largest absolute Gasteiger partial charge is 0.297 e. The lowest BCUT2D eigenvalue weighted by Crippen LogP contribution is -2.32. The van der Waals surface area contributed by atoms with Gasteiger partial charge < -0.3 is 0 Å². The fourth-order valence-corrected chi connectivity index (χ4v) is 2.32. The molecular weight excluding hydrogens is 182 g/mol. The predicted octanol–water partition coefficient (Wildman–Crippen LogP) is 3.23. The molecule has 1 aromatic rings. The Morgan fingerprint density at radius 2 is 1.80 bits per heavy atom. The second kappa shape index (κ2) is 4.80. The summed E-state index contributed by atoms with van der Waals surface area (Å²) in [5.41, 5.74) is 3.09. The van der Waals surface area contributed by atoms with Gasteiger partial charge in [-0.2, -0.15) is 0 Å². The minimum atomic E-state index is 0.663. The summed E-state index contributed by atoms with van der Waals surface area (Å²) in [7, 11) is 0. The van der Waals surface area contributed by atoms with Crippen LogP contribution in [0.15, 0.2) is 24.3 Å². The molecule has 0 spiro atoms. The third kappa shape index (κ3) is 2.60. The van der Waals surface area contributed by atoms with Gasteiger partial charge in [-0.3, -0.25) is 4.90 Å². The van der Waals surface area contributed by atoms with Crippen molar-refractivity contribution >= 4 is 0 Å². The molecule has 0 bridgehead atoms. The average molecular weight is 203 g/mol. The quantitative estimate of drug-likeness (QED) is 0.677. The van der Waals surface area contributed by atoms with Gasteiger partial charge in [-0.1, -0.05) is 24.3 Å². The van der Waals surface area contributed by atoms with Crippen LogP contribution in [-0.4, -0.2) is 17.5 Å². The van der Waals surface area contributed by atoms with Crippen molar-refractivity contribution in [1.82, 2.24) is 4.90 Å². The minimum Gasteiger partial charge on any atom is -0.297 e. The molecule has 0 fully saturated rings. The Morgan fingerprint density at radius 1 is 1.07 bits per heavy atom. The van der Waals surface area contributed by atoms with Crippen molar-refractivity contribution in [3.8, 4) is 0 Å². The zero-order valence-electron chi connectivity index (χ0n) is 9.87. The fourth-order valence-electron chi connectivity index (χ4n) is 2.32. The van der Waals surface area contributed by atoms with E-state index in [4.69, 9.17) is 0 Å². The van der Waals surface area contributed by atoms with Crippen LogP contribution in [0.1, 0.15) is 37.8 Å². The van der Waals surface area contributed by atoms with Crippen molar-refractivity contribution in [1.29, 1.82) is 0 Å². The van der Waals surface area contributed by atoms with Gasteiger partial charge in [-0.15, -0.1) is 0 Å². The number of nitrogens with zero attached hydrogens (tertiary/aromatic N) is 1. The monoisotopic (exact) mass is 203 g/mol. The Bertz CT molecular complexity index is 317. The van der Waals surface area contributed by atoms with Crippen LogP contribution in [0.3, 0.4) is 0 Å². The van der Waals surface area contributed by atoms with Crippen molar-refractivity contribution in [3.63, 3.8) is 0 Å². The Morgan fingerprint density at radius 3 is 2.53 bits per heavy atom. The van der Waals surface area contributed by atoms with Crippen LogP contribution in [0, 0.1) is 0 Å². The Balaban J connectivity index is 2.21. The van der Waals surface area contributed by atoms with E-state index in [-0.39, 0.29) is 0 Å². The second-order valence-corrected chi connectivity index (χ2v) is 4.79. The Kier molecular flexibility index (Phi) is 3.42. The first kappa shape index (κ1) is 10.7. The van der Waals surface area contributed by atoms with Crippen molar-refractivity contribution in [2.24, 2.45) is 0 Å². The molecule has 1 nitrogen and oxygen atoms in total. The van der Waals surface area contributed by atoms with Crippen molar-refractivity contribution in [2.75, 3.05) is 6.54 Å². The van der Waals surface area contributed by atoms with Crippen molar-refractivity contribution in [3.05, 3.63) is 35.4 Å². The van der Waals surface area contributed by atoms with Crippen molar-refractivity contribution < 1.29 is 0 Å². The number of hydrogen-bond acceptors (Lipinski definition) is 1. The molecule has 15 heavy (non-hydrogen) atoms. The highest BCUT2D eigenvalue weighted by molar-refractivity contribution is 5.27. The van der Waals surface area contributed by atoms with Gasteiger partial charge >= 0.3 is 0 Å².